The van der Waals surface area contributed by atoms with Crippen molar-refractivity contribution in [1.82, 2.24) is 16.0 Å². The number of hydrogen-bond donors (Lipinski definition) is 3. The van der Waals surface area contributed by atoms with Crippen LogP contribution >= 0.6 is 0 Å². The van der Waals surface area contributed by atoms with Gasteiger partial charge in [0.25, 0.3) is 0 Å². The maximum atomic E-state index is 12.0. The standard InChI is InChI=1S/C23H36N4O3/c1-4-29-20-13-18-11-16(2)30-21(18)14-19(20)15-27-23(24-3)26-10-9-25-22(28)12-17-7-5-6-8-17/h13-14,16-17H,4-12,15H2,1-3H3,(H,25,28)(H2,24,26,27). The molecule has 0 bridgehead atoms. The van der Waals surface area contributed by atoms with E-state index in [1.54, 1.807) is 7.05 Å². The molecule has 3 rings (SSSR count). The molecule has 1 amide bonds. The molecule has 166 valence electrons. The molecule has 7 nitrogen and oxygen atoms in total. The molecule has 7 heteroatoms. The fourth-order valence-electron chi connectivity index (χ4n) is 4.24. The Morgan fingerprint density at radius 2 is 1.97 bits per heavy atom. The van der Waals surface area contributed by atoms with Crippen molar-refractivity contribution in [3.8, 4) is 11.5 Å². The fraction of sp³-hybridized carbons (Fsp3) is 0.652. The van der Waals surface area contributed by atoms with Crippen LogP contribution in [0.15, 0.2) is 17.1 Å². The van der Waals surface area contributed by atoms with E-state index in [1.807, 2.05) is 6.92 Å². The van der Waals surface area contributed by atoms with E-state index >= 15 is 0 Å². The van der Waals surface area contributed by atoms with Crippen LogP contribution in [0.3, 0.4) is 0 Å². The molecule has 0 saturated heterocycles. The molecular weight excluding hydrogens is 380 g/mol. The summed E-state index contributed by atoms with van der Waals surface area (Å²) in [7, 11) is 1.74. The highest BCUT2D eigenvalue weighted by atomic mass is 16.5. The molecule has 1 aliphatic carbocycles. The fourth-order valence-corrected chi connectivity index (χ4v) is 4.24. The molecular formula is C23H36N4O3. The first-order valence-electron chi connectivity index (χ1n) is 11.3. The van der Waals surface area contributed by atoms with Crippen LogP contribution in [-0.2, 0) is 17.8 Å². The molecule has 0 radical (unpaired) electrons. The lowest BCUT2D eigenvalue weighted by Gasteiger charge is -2.16. The Kier molecular flexibility index (Phi) is 8.22. The maximum Gasteiger partial charge on any atom is 0.220 e. The molecule has 3 N–H and O–H groups in total. The summed E-state index contributed by atoms with van der Waals surface area (Å²) in [6.07, 6.45) is 6.70. The summed E-state index contributed by atoms with van der Waals surface area (Å²) in [5, 5.41) is 9.58. The van der Waals surface area contributed by atoms with E-state index in [4.69, 9.17) is 9.47 Å². The predicted octanol–water partition coefficient (Wildman–Crippen LogP) is 2.77. The van der Waals surface area contributed by atoms with Crippen LogP contribution in [0.1, 0.15) is 57.1 Å². The minimum atomic E-state index is 0.153. The zero-order valence-electron chi connectivity index (χ0n) is 18.6. The topological polar surface area (TPSA) is 84.0 Å². The number of ether oxygens (including phenoxy) is 2. The minimum Gasteiger partial charge on any atom is -0.494 e. The molecule has 1 aliphatic heterocycles. The van der Waals surface area contributed by atoms with Gasteiger partial charge in [0, 0.05) is 50.7 Å². The van der Waals surface area contributed by atoms with E-state index in [2.05, 4.69) is 40.0 Å². The van der Waals surface area contributed by atoms with E-state index in [0.717, 1.165) is 23.5 Å². The number of amides is 1. The van der Waals surface area contributed by atoms with E-state index in [0.29, 0.717) is 44.5 Å². The van der Waals surface area contributed by atoms with Gasteiger partial charge < -0.3 is 25.4 Å². The van der Waals surface area contributed by atoms with Gasteiger partial charge in [0.1, 0.15) is 17.6 Å². The Morgan fingerprint density at radius 3 is 2.70 bits per heavy atom. The van der Waals surface area contributed by atoms with E-state index in [9.17, 15) is 4.79 Å². The van der Waals surface area contributed by atoms with Gasteiger partial charge in [-0.15, -0.1) is 0 Å². The van der Waals surface area contributed by atoms with Crippen molar-refractivity contribution in [3.05, 3.63) is 23.3 Å². The second-order valence-electron chi connectivity index (χ2n) is 8.19. The van der Waals surface area contributed by atoms with Crippen LogP contribution in [0.2, 0.25) is 0 Å². The lowest BCUT2D eigenvalue weighted by atomic mass is 10.0. The second kappa shape index (κ2) is 11.1. The number of guanidine groups is 1. The molecule has 1 aromatic carbocycles. The average molecular weight is 417 g/mol. The lowest BCUT2D eigenvalue weighted by Crippen LogP contribution is -2.41. The molecule has 1 heterocycles. The Labute approximate surface area is 180 Å². The average Bonchev–Trinajstić information content (AvgIpc) is 3.35. The van der Waals surface area contributed by atoms with Crippen molar-refractivity contribution in [1.29, 1.82) is 0 Å². The molecule has 0 spiro atoms. The molecule has 1 atom stereocenters. The SMILES string of the molecule is CCOc1cc2c(cc1CNC(=NC)NCCNC(=O)CC1CCCC1)OC(C)C2. The Bertz CT molecular complexity index is 744. The monoisotopic (exact) mass is 416 g/mol. The molecule has 1 aromatic rings. The summed E-state index contributed by atoms with van der Waals surface area (Å²) >= 11 is 0. The Hall–Kier alpha value is -2.44. The lowest BCUT2D eigenvalue weighted by molar-refractivity contribution is -0.121. The van der Waals surface area contributed by atoms with Crippen LogP contribution in [0, 0.1) is 5.92 Å². The van der Waals surface area contributed by atoms with Crippen molar-refractivity contribution in [3.63, 3.8) is 0 Å². The van der Waals surface area contributed by atoms with Gasteiger partial charge in [0.15, 0.2) is 5.96 Å². The van der Waals surface area contributed by atoms with Crippen LogP contribution < -0.4 is 25.4 Å². The second-order valence-corrected chi connectivity index (χ2v) is 8.19. The van der Waals surface area contributed by atoms with Gasteiger partial charge in [-0.1, -0.05) is 12.8 Å². The van der Waals surface area contributed by atoms with Crippen LogP contribution in [0.4, 0.5) is 0 Å². The molecule has 0 aromatic heterocycles. The predicted molar refractivity (Wildman–Crippen MR) is 119 cm³/mol. The third kappa shape index (κ3) is 6.28. The van der Waals surface area contributed by atoms with Gasteiger partial charge in [-0.05, 0) is 44.7 Å². The zero-order valence-corrected chi connectivity index (χ0v) is 18.6. The van der Waals surface area contributed by atoms with Crippen molar-refractivity contribution in [2.45, 2.75) is 65.0 Å². The molecule has 1 saturated carbocycles. The Morgan fingerprint density at radius 1 is 1.20 bits per heavy atom. The van der Waals surface area contributed by atoms with E-state index < -0.39 is 0 Å². The van der Waals surface area contributed by atoms with Crippen molar-refractivity contribution in [2.24, 2.45) is 10.9 Å². The van der Waals surface area contributed by atoms with Crippen molar-refractivity contribution < 1.29 is 14.3 Å². The highest BCUT2D eigenvalue weighted by molar-refractivity contribution is 5.80. The highest BCUT2D eigenvalue weighted by Gasteiger charge is 2.22. The summed E-state index contributed by atoms with van der Waals surface area (Å²) < 4.78 is 11.7. The minimum absolute atomic E-state index is 0.153. The number of fused-ring (bicyclic) bond motifs is 1. The number of aliphatic imine (C=N–C) groups is 1. The number of nitrogens with zero attached hydrogens (tertiary/aromatic N) is 1. The molecule has 2 aliphatic rings. The summed E-state index contributed by atoms with van der Waals surface area (Å²) in [5.41, 5.74) is 2.24. The van der Waals surface area contributed by atoms with E-state index in [1.165, 1.54) is 31.2 Å². The summed E-state index contributed by atoms with van der Waals surface area (Å²) in [6.45, 7) is 6.48. The quantitative estimate of drug-likeness (QED) is 0.328. The first-order chi connectivity index (χ1) is 14.6. The van der Waals surface area contributed by atoms with E-state index in [-0.39, 0.29) is 12.0 Å². The van der Waals surface area contributed by atoms with Crippen LogP contribution in [0.5, 0.6) is 11.5 Å². The third-order valence-electron chi connectivity index (χ3n) is 5.74. The summed E-state index contributed by atoms with van der Waals surface area (Å²) in [6, 6.07) is 4.16. The number of rotatable bonds is 9. The molecule has 1 fully saturated rings. The van der Waals surface area contributed by atoms with Gasteiger partial charge >= 0.3 is 0 Å². The van der Waals surface area contributed by atoms with Gasteiger partial charge in [-0.25, -0.2) is 0 Å². The molecule has 30 heavy (non-hydrogen) atoms. The van der Waals surface area contributed by atoms with Gasteiger partial charge in [-0.3, -0.25) is 9.79 Å². The molecule has 1 unspecified atom stereocenters. The smallest absolute Gasteiger partial charge is 0.220 e. The first kappa shape index (κ1) is 22.2. The number of hydrogen-bond acceptors (Lipinski definition) is 4. The van der Waals surface area contributed by atoms with Crippen molar-refractivity contribution in [2.75, 3.05) is 26.7 Å². The largest absolute Gasteiger partial charge is 0.494 e. The number of carbonyl (C=O) groups is 1. The summed E-state index contributed by atoms with van der Waals surface area (Å²) in [4.78, 5) is 16.3. The maximum absolute atomic E-state index is 12.0. The highest BCUT2D eigenvalue weighted by Crippen LogP contribution is 2.35. The normalized spacial score (nSPS) is 18.6. The van der Waals surface area contributed by atoms with Crippen LogP contribution in [-0.4, -0.2) is 44.7 Å². The van der Waals surface area contributed by atoms with Gasteiger partial charge in [0.05, 0.1) is 6.61 Å². The number of nitrogens with one attached hydrogen (secondary N) is 3. The number of carbonyl (C=O) groups excluding carboxylic acids is 1. The van der Waals surface area contributed by atoms with Crippen LogP contribution in [0.25, 0.3) is 0 Å². The Balaban J connectivity index is 1.43. The van der Waals surface area contributed by atoms with Crippen molar-refractivity contribution >= 4 is 11.9 Å². The zero-order chi connectivity index (χ0) is 21.3. The number of benzene rings is 1. The van der Waals surface area contributed by atoms with Gasteiger partial charge in [-0.2, -0.15) is 0 Å². The summed E-state index contributed by atoms with van der Waals surface area (Å²) in [5.74, 6) is 3.25. The first-order valence-corrected chi connectivity index (χ1v) is 11.3. The third-order valence-corrected chi connectivity index (χ3v) is 5.74. The van der Waals surface area contributed by atoms with Gasteiger partial charge in [0.2, 0.25) is 5.91 Å².